The van der Waals surface area contributed by atoms with E-state index in [0.717, 1.165) is 148 Å². The van der Waals surface area contributed by atoms with Crippen LogP contribution in [0.5, 0.6) is 0 Å². The van der Waals surface area contributed by atoms with E-state index in [1.807, 2.05) is 195 Å². The molecule has 2 N–H and O–H groups in total. The Kier molecular flexibility index (Phi) is 29.9. The lowest BCUT2D eigenvalue weighted by atomic mass is 9.97. The van der Waals surface area contributed by atoms with Gasteiger partial charge in [-0.3, -0.25) is 29.1 Å². The predicted octanol–water partition coefficient (Wildman–Crippen LogP) is 24.4. The lowest BCUT2D eigenvalue weighted by molar-refractivity contribution is -0.118. The van der Waals surface area contributed by atoms with Crippen LogP contribution in [0.25, 0.3) is 68.0 Å². The monoisotopic (exact) mass is 1900 g/mol. The van der Waals surface area contributed by atoms with E-state index in [1.165, 1.54) is 52.1 Å². The SMILES string of the molecule is C=C1Cc2cnc(-c3ccccc3C(C)C)nc2N1[C@@H](C)c1ccc(F)cc1.C=C1Cc2cnc(-c3ccccc3C(C)C)nc2N1[C@H](C)c1ccc(F)cc1.CC(C)c1ccccc1-c1ncc2c(n1)N(Cc1ccc3c(c1)ncn3C)C(=O)C2.CC(C)c1ccccc1-c1ncc2c(n1)N([C@H](CO)c1ccccc1)C(=O)C2.Cc1ccc([C@@H](CO)N2C(=O)Cc3cnc(-c4ccccc4C(C)C)nc32)cc1. The number of benzene rings is 10. The summed E-state index contributed by atoms with van der Waals surface area (Å²) < 4.78 is 28.7. The largest absolute Gasteiger partial charge is 0.394 e. The van der Waals surface area contributed by atoms with E-state index in [0.29, 0.717) is 77.5 Å². The molecule has 0 bridgehead atoms. The summed E-state index contributed by atoms with van der Waals surface area (Å²) in [6, 6.07) is 76.9. The van der Waals surface area contributed by atoms with Gasteiger partial charge in [0.25, 0.3) is 0 Å². The Hall–Kier alpha value is -15.7. The Morgan fingerprint density at radius 3 is 0.986 bits per heavy atom. The van der Waals surface area contributed by atoms with Crippen molar-refractivity contribution in [3.63, 3.8) is 0 Å². The third-order valence-corrected chi connectivity index (χ3v) is 27.1. The van der Waals surface area contributed by atoms with Crippen LogP contribution in [0.2, 0.25) is 0 Å². The maximum absolute atomic E-state index is 13.3. The van der Waals surface area contributed by atoms with E-state index < -0.39 is 12.1 Å². The Morgan fingerprint density at radius 1 is 0.336 bits per heavy atom. The third-order valence-electron chi connectivity index (χ3n) is 27.1. The fraction of sp³-hybridized carbons (Fsp3) is 0.261. The number of halogens is 2. The smallest absolute Gasteiger partial charge is 0.233 e. The average molecular weight is 1910 g/mol. The average Bonchev–Trinajstić information content (AvgIpc) is 1.94. The van der Waals surface area contributed by atoms with Gasteiger partial charge in [-0.05, 0) is 142 Å². The molecule has 10 aromatic carbocycles. The number of aliphatic hydroxyl groups is 2. The van der Waals surface area contributed by atoms with Crippen molar-refractivity contribution < 1.29 is 33.4 Å². The number of amides is 3. The molecule has 4 atom stereocenters. The number of anilines is 5. The highest BCUT2D eigenvalue weighted by Gasteiger charge is 2.40. The van der Waals surface area contributed by atoms with Crippen LogP contribution in [0.4, 0.5) is 37.9 Å². The molecule has 11 heterocycles. The first-order valence-electron chi connectivity index (χ1n) is 48.9. The molecule has 0 fully saturated rings. The number of imidazole rings is 1. The van der Waals surface area contributed by atoms with Crippen LogP contribution in [-0.2, 0) is 60.1 Å². The molecule has 16 aromatic rings. The standard InChI is InChI=1S/2C24H24FN3.C24H23N5O.C24H25N3O2.C23H23N3O2/c2*1-15(2)21-7-5-6-8-22(21)23-26-14-19-13-16(3)28(24(19)27-23)17(4)18-9-11-20(25)12-10-18;1-15(2)18-6-4-5-7-19(18)23-25-12-17-11-22(30)29(24(17)27-23)13-16-8-9-21-20(10-16)26-14-28(21)3;1-15(2)19-6-4-5-7-20(19)23-25-13-18-12-22(29)27(24(18)26-23)21(14-28)17-10-8-16(3)9-11-17;1-15(2)18-10-6-7-11-19(18)22-24-13-17-12-21(28)26(23(17)25-22)20(14-27)16-8-4-3-5-9-16/h2*5-12,14-15,17H,3,13H2,1-2,4H3;4-10,12,14-15H,11,13H2,1-3H3;4-11,13,15,21,28H,12,14H2,1-3H3;3-11,13,15,20,27H,12,14H2,1-2H3/t2*17-;;21-;20-/m10.11/s1. The number of aliphatic hydroxyl groups excluding tert-OH is 2. The van der Waals surface area contributed by atoms with Crippen molar-refractivity contribution in [1.82, 2.24) is 59.4 Å². The Balaban J connectivity index is 0.000000123. The first-order chi connectivity index (χ1) is 69.0. The normalized spacial score (nSPS) is 14.2. The van der Waals surface area contributed by atoms with Crippen LogP contribution in [0, 0.1) is 18.6 Å². The Labute approximate surface area is 834 Å². The van der Waals surface area contributed by atoms with Gasteiger partial charge in [-0.25, -0.2) is 63.6 Å². The van der Waals surface area contributed by atoms with Crippen molar-refractivity contribution >= 4 is 57.8 Å². The van der Waals surface area contributed by atoms with Gasteiger partial charge in [0.05, 0.1) is 80.5 Å². The second-order valence-electron chi connectivity index (χ2n) is 38.5. The van der Waals surface area contributed by atoms with E-state index in [2.05, 4.69) is 191 Å². The number of aromatic nitrogens is 12. The lowest BCUT2D eigenvalue weighted by Crippen LogP contribution is -2.34. The molecule has 143 heavy (non-hydrogen) atoms. The highest BCUT2D eigenvalue weighted by atomic mass is 19.1. The molecule has 0 radical (unpaired) electrons. The zero-order chi connectivity index (χ0) is 101. The number of allylic oxidation sites excluding steroid dienone is 2. The van der Waals surface area contributed by atoms with Gasteiger partial charge in [0, 0.05) is 118 Å². The van der Waals surface area contributed by atoms with Gasteiger partial charge >= 0.3 is 0 Å². The van der Waals surface area contributed by atoms with E-state index in [4.69, 9.17) is 24.9 Å². The first kappa shape index (κ1) is 98.9. The number of carbonyl (C=O) groups excluding carboxylic acids is 3. The van der Waals surface area contributed by atoms with Gasteiger partial charge in [-0.15, -0.1) is 0 Å². The van der Waals surface area contributed by atoms with Gasteiger partial charge in [-0.1, -0.05) is 294 Å². The minimum Gasteiger partial charge on any atom is -0.394 e. The van der Waals surface area contributed by atoms with Crippen molar-refractivity contribution in [2.75, 3.05) is 37.7 Å². The molecule has 24 heteroatoms. The Morgan fingerprint density at radius 2 is 0.636 bits per heavy atom. The van der Waals surface area contributed by atoms with Crippen LogP contribution in [0.15, 0.2) is 305 Å². The van der Waals surface area contributed by atoms with Crippen molar-refractivity contribution in [1.29, 1.82) is 0 Å². The molecule has 0 spiro atoms. The number of carbonyl (C=O) groups is 3. The van der Waals surface area contributed by atoms with Crippen molar-refractivity contribution in [2.45, 2.75) is 182 Å². The maximum Gasteiger partial charge on any atom is 0.233 e. The number of aryl methyl sites for hydroxylation is 2. The van der Waals surface area contributed by atoms with E-state index >= 15 is 0 Å². The summed E-state index contributed by atoms with van der Waals surface area (Å²) in [6.45, 7) is 36.4. The highest BCUT2D eigenvalue weighted by molar-refractivity contribution is 6.03. The van der Waals surface area contributed by atoms with E-state index in [-0.39, 0.29) is 67.5 Å². The molecule has 0 saturated heterocycles. The predicted molar refractivity (Wildman–Crippen MR) is 563 cm³/mol. The Bertz CT molecular complexity index is 7230. The van der Waals surface area contributed by atoms with Crippen molar-refractivity contribution in [2.24, 2.45) is 7.05 Å². The fourth-order valence-electron chi connectivity index (χ4n) is 19.5. The van der Waals surface area contributed by atoms with Gasteiger partial charge in [-0.2, -0.15) is 0 Å². The first-order valence-corrected chi connectivity index (χ1v) is 48.9. The third kappa shape index (κ3) is 21.1. The maximum atomic E-state index is 13.3. The number of rotatable bonds is 22. The quantitative estimate of drug-likeness (QED) is 0.0639. The van der Waals surface area contributed by atoms with Gasteiger partial charge in [0.2, 0.25) is 17.7 Å². The molecule has 3 amide bonds. The zero-order valence-corrected chi connectivity index (χ0v) is 83.3. The number of nitrogens with zero attached hydrogens (tertiary/aromatic N) is 17. The summed E-state index contributed by atoms with van der Waals surface area (Å²) in [5.74, 6) is 8.28. The molecule has 0 aliphatic carbocycles. The molecule has 6 aromatic heterocycles. The van der Waals surface area contributed by atoms with Crippen molar-refractivity contribution in [3.8, 4) is 56.9 Å². The topological polar surface area (TPSA) is 255 Å². The molecular weight excluding hydrogens is 1790 g/mol. The summed E-state index contributed by atoms with van der Waals surface area (Å²) in [7, 11) is 1.97. The van der Waals surface area contributed by atoms with Crippen LogP contribution in [0.1, 0.15) is 226 Å². The highest BCUT2D eigenvalue weighted by Crippen LogP contribution is 2.46. The number of fused-ring (bicyclic) bond motifs is 6. The molecule has 724 valence electrons. The molecule has 0 saturated carbocycles. The molecule has 5 aliphatic rings. The fourth-order valence-corrected chi connectivity index (χ4v) is 19.5. The molecule has 5 aliphatic heterocycles. The van der Waals surface area contributed by atoms with Gasteiger partial charge in [0.15, 0.2) is 29.1 Å². The number of hydrogen-bond donors (Lipinski definition) is 2. The van der Waals surface area contributed by atoms with E-state index in [1.54, 1.807) is 39.6 Å². The summed E-state index contributed by atoms with van der Waals surface area (Å²) in [5.41, 5.74) is 25.7. The van der Waals surface area contributed by atoms with Crippen LogP contribution in [0.3, 0.4) is 0 Å². The molecule has 0 unspecified atom stereocenters. The minimum absolute atomic E-state index is 0.0115. The second kappa shape index (κ2) is 43.2. The van der Waals surface area contributed by atoms with Crippen LogP contribution >= 0.6 is 0 Å². The summed E-state index contributed by atoms with van der Waals surface area (Å²) >= 11 is 0. The van der Waals surface area contributed by atoms with Crippen LogP contribution < -0.4 is 24.5 Å². The molecule has 22 nitrogen and oxygen atoms in total. The summed E-state index contributed by atoms with van der Waals surface area (Å²) in [4.78, 5) is 99.4. The van der Waals surface area contributed by atoms with Gasteiger partial charge in [0.1, 0.15) is 40.7 Å². The minimum atomic E-state index is -0.465. The zero-order valence-electron chi connectivity index (χ0n) is 83.3. The summed E-state index contributed by atoms with van der Waals surface area (Å²) in [5, 5.41) is 20.2. The van der Waals surface area contributed by atoms with E-state index in [9.17, 15) is 33.4 Å². The second-order valence-corrected chi connectivity index (χ2v) is 38.5. The number of hydrogen-bond acceptors (Lipinski definition) is 18. The summed E-state index contributed by atoms with van der Waals surface area (Å²) in [6.07, 6.45) is 13.2. The molecular formula is C119H119F2N17O5. The van der Waals surface area contributed by atoms with Crippen molar-refractivity contribution in [3.05, 3.63) is 405 Å². The van der Waals surface area contributed by atoms with Crippen LogP contribution in [-0.4, -0.2) is 101 Å². The molecule has 21 rings (SSSR count). The van der Waals surface area contributed by atoms with Gasteiger partial charge < -0.3 is 24.6 Å². The lowest BCUT2D eigenvalue weighted by Gasteiger charge is -2.28.